The minimum absolute atomic E-state index is 0.146. The highest BCUT2D eigenvalue weighted by atomic mass is 79.9. The average molecular weight is 273 g/mol. The molecule has 1 N–H and O–H groups in total. The van der Waals surface area contributed by atoms with E-state index >= 15 is 0 Å². The van der Waals surface area contributed by atoms with E-state index in [2.05, 4.69) is 15.9 Å². The molecule has 0 atom stereocenters. The summed E-state index contributed by atoms with van der Waals surface area (Å²) in [5.74, 6) is 0.0133. The van der Waals surface area contributed by atoms with Gasteiger partial charge in [0.15, 0.2) is 0 Å². The van der Waals surface area contributed by atoms with E-state index in [-0.39, 0.29) is 6.42 Å². The predicted octanol–water partition coefficient (Wildman–Crippen LogP) is 3.00. The first-order chi connectivity index (χ1) is 7.09. The van der Waals surface area contributed by atoms with Crippen molar-refractivity contribution in [2.75, 3.05) is 6.61 Å². The summed E-state index contributed by atoms with van der Waals surface area (Å²) in [6.45, 7) is 2.39. The molecule has 0 aliphatic carbocycles. The molecule has 3 nitrogen and oxygen atoms in total. The van der Waals surface area contributed by atoms with Crippen molar-refractivity contribution in [1.82, 2.24) is 0 Å². The first-order valence-corrected chi connectivity index (χ1v) is 5.49. The van der Waals surface area contributed by atoms with Crippen molar-refractivity contribution in [3.05, 3.63) is 28.2 Å². The summed E-state index contributed by atoms with van der Waals surface area (Å²) < 4.78 is 6.43. The van der Waals surface area contributed by atoms with Crippen LogP contribution in [-0.2, 0) is 4.79 Å². The van der Waals surface area contributed by atoms with Crippen molar-refractivity contribution in [1.29, 1.82) is 0 Å². The summed E-state index contributed by atoms with van der Waals surface area (Å²) >= 11 is 3.35. The molecule has 0 unspecified atom stereocenters. The normalized spacial score (nSPS) is 10.0. The molecule has 0 heterocycles. The quantitative estimate of drug-likeness (QED) is 0.839. The lowest BCUT2D eigenvalue weighted by molar-refractivity contribution is -0.137. The molecule has 15 heavy (non-hydrogen) atoms. The number of carbonyl (C=O) groups is 1. The van der Waals surface area contributed by atoms with E-state index in [0.717, 1.165) is 15.8 Å². The maximum Gasteiger partial charge on any atom is 0.303 e. The maximum atomic E-state index is 10.3. The van der Waals surface area contributed by atoms with Crippen LogP contribution in [0, 0.1) is 6.92 Å². The smallest absolute Gasteiger partial charge is 0.303 e. The first kappa shape index (κ1) is 12.0. The Morgan fingerprint density at radius 1 is 1.53 bits per heavy atom. The molecule has 0 saturated carbocycles. The summed E-state index contributed by atoms with van der Waals surface area (Å²) in [5, 5.41) is 8.45. The number of benzene rings is 1. The van der Waals surface area contributed by atoms with Gasteiger partial charge in [-0.2, -0.15) is 0 Å². The minimum atomic E-state index is -0.787. The van der Waals surface area contributed by atoms with Gasteiger partial charge >= 0.3 is 5.97 Å². The molecule has 82 valence electrons. The monoisotopic (exact) mass is 272 g/mol. The number of hydrogen-bond donors (Lipinski definition) is 1. The number of ether oxygens (including phenoxy) is 1. The molecular formula is C11H13BrO3. The highest BCUT2D eigenvalue weighted by Crippen LogP contribution is 2.22. The van der Waals surface area contributed by atoms with Crippen LogP contribution in [0.25, 0.3) is 0 Å². The molecule has 4 heteroatoms. The van der Waals surface area contributed by atoms with E-state index < -0.39 is 5.97 Å². The van der Waals surface area contributed by atoms with E-state index in [9.17, 15) is 4.79 Å². The molecule has 0 aliphatic heterocycles. The molecule has 0 aromatic heterocycles. The summed E-state index contributed by atoms with van der Waals surface area (Å²) in [5.41, 5.74) is 1.05. The largest absolute Gasteiger partial charge is 0.493 e. The molecule has 0 radical (unpaired) electrons. The van der Waals surface area contributed by atoms with Crippen LogP contribution in [0.5, 0.6) is 5.75 Å². The Morgan fingerprint density at radius 3 is 2.93 bits per heavy atom. The lowest BCUT2D eigenvalue weighted by Crippen LogP contribution is -2.02. The Bertz CT molecular complexity index is 350. The standard InChI is InChI=1S/C11H13BrO3/c1-8-4-5-9(12)7-10(8)15-6-2-3-11(13)14/h4-5,7H,2-3,6H2,1H3,(H,13,14). The molecule has 0 saturated heterocycles. The van der Waals surface area contributed by atoms with Crippen LogP contribution in [0.1, 0.15) is 18.4 Å². The molecular weight excluding hydrogens is 260 g/mol. The van der Waals surface area contributed by atoms with Gasteiger partial charge in [-0.15, -0.1) is 0 Å². The fraction of sp³-hybridized carbons (Fsp3) is 0.364. The number of halogens is 1. The Balaban J connectivity index is 2.43. The second-order valence-electron chi connectivity index (χ2n) is 3.26. The summed E-state index contributed by atoms with van der Waals surface area (Å²) in [6, 6.07) is 5.78. The van der Waals surface area contributed by atoms with Crippen molar-refractivity contribution in [2.45, 2.75) is 19.8 Å². The summed E-state index contributed by atoms with van der Waals surface area (Å²) in [7, 11) is 0. The zero-order chi connectivity index (χ0) is 11.3. The Hall–Kier alpha value is -1.03. The van der Waals surface area contributed by atoms with Crippen LogP contribution >= 0.6 is 15.9 Å². The van der Waals surface area contributed by atoms with Gasteiger partial charge in [-0.1, -0.05) is 22.0 Å². The number of rotatable bonds is 5. The summed E-state index contributed by atoms with van der Waals surface area (Å²) in [6.07, 6.45) is 0.675. The third-order valence-corrected chi connectivity index (χ3v) is 2.44. The van der Waals surface area contributed by atoms with Crippen LogP contribution in [-0.4, -0.2) is 17.7 Å². The minimum Gasteiger partial charge on any atom is -0.493 e. The van der Waals surface area contributed by atoms with Gasteiger partial charge in [0.05, 0.1) is 6.61 Å². The van der Waals surface area contributed by atoms with E-state index in [1.165, 1.54) is 0 Å². The van der Waals surface area contributed by atoms with Gasteiger partial charge in [-0.05, 0) is 31.0 Å². The second kappa shape index (κ2) is 5.75. The molecule has 1 aromatic rings. The maximum absolute atomic E-state index is 10.3. The second-order valence-corrected chi connectivity index (χ2v) is 4.17. The van der Waals surface area contributed by atoms with Crippen molar-refractivity contribution < 1.29 is 14.6 Å². The van der Waals surface area contributed by atoms with Gasteiger partial charge in [0.25, 0.3) is 0 Å². The van der Waals surface area contributed by atoms with Gasteiger partial charge in [0, 0.05) is 10.9 Å². The molecule has 0 spiro atoms. The van der Waals surface area contributed by atoms with Crippen LogP contribution in [0.3, 0.4) is 0 Å². The SMILES string of the molecule is Cc1ccc(Br)cc1OCCCC(=O)O. The molecule has 0 aliphatic rings. The molecule has 1 aromatic carbocycles. The van der Waals surface area contributed by atoms with Gasteiger partial charge in [-0.3, -0.25) is 4.79 Å². The van der Waals surface area contributed by atoms with E-state index in [4.69, 9.17) is 9.84 Å². The van der Waals surface area contributed by atoms with Crippen LogP contribution in [0.2, 0.25) is 0 Å². The fourth-order valence-electron chi connectivity index (χ4n) is 1.13. The van der Waals surface area contributed by atoms with Gasteiger partial charge < -0.3 is 9.84 Å². The van der Waals surface area contributed by atoms with E-state index in [1.54, 1.807) is 0 Å². The highest BCUT2D eigenvalue weighted by molar-refractivity contribution is 9.10. The van der Waals surface area contributed by atoms with Crippen LogP contribution < -0.4 is 4.74 Å². The van der Waals surface area contributed by atoms with Gasteiger partial charge in [0.1, 0.15) is 5.75 Å². The third kappa shape index (κ3) is 4.34. The fourth-order valence-corrected chi connectivity index (χ4v) is 1.48. The van der Waals surface area contributed by atoms with Crippen molar-refractivity contribution in [2.24, 2.45) is 0 Å². The lowest BCUT2D eigenvalue weighted by atomic mass is 10.2. The number of carboxylic acids is 1. The molecule has 0 fully saturated rings. The van der Waals surface area contributed by atoms with Gasteiger partial charge in [0.2, 0.25) is 0 Å². The first-order valence-electron chi connectivity index (χ1n) is 4.70. The molecule has 1 rings (SSSR count). The predicted molar refractivity (Wildman–Crippen MR) is 61.2 cm³/mol. The zero-order valence-electron chi connectivity index (χ0n) is 8.50. The Morgan fingerprint density at radius 2 is 2.27 bits per heavy atom. The van der Waals surface area contributed by atoms with E-state index in [1.807, 2.05) is 25.1 Å². The highest BCUT2D eigenvalue weighted by Gasteiger charge is 2.01. The Labute approximate surface area is 97.2 Å². The van der Waals surface area contributed by atoms with Crippen molar-refractivity contribution in [3.63, 3.8) is 0 Å². The van der Waals surface area contributed by atoms with E-state index in [0.29, 0.717) is 13.0 Å². The molecule has 0 amide bonds. The topological polar surface area (TPSA) is 46.5 Å². The van der Waals surface area contributed by atoms with Gasteiger partial charge in [-0.25, -0.2) is 0 Å². The number of aryl methyl sites for hydroxylation is 1. The lowest BCUT2D eigenvalue weighted by Gasteiger charge is -2.08. The number of hydrogen-bond acceptors (Lipinski definition) is 2. The summed E-state index contributed by atoms with van der Waals surface area (Å²) in [4.78, 5) is 10.3. The number of aliphatic carboxylic acids is 1. The van der Waals surface area contributed by atoms with Crippen LogP contribution in [0.15, 0.2) is 22.7 Å². The average Bonchev–Trinajstić information content (AvgIpc) is 2.17. The third-order valence-electron chi connectivity index (χ3n) is 1.94. The zero-order valence-corrected chi connectivity index (χ0v) is 10.1. The van der Waals surface area contributed by atoms with Crippen molar-refractivity contribution >= 4 is 21.9 Å². The Kier molecular flexibility index (Phi) is 4.62. The van der Waals surface area contributed by atoms with Crippen molar-refractivity contribution in [3.8, 4) is 5.75 Å². The van der Waals surface area contributed by atoms with Crippen LogP contribution in [0.4, 0.5) is 0 Å². The molecule has 0 bridgehead atoms. The number of carboxylic acid groups (broad SMARTS) is 1.